The third kappa shape index (κ3) is 4.86. The summed E-state index contributed by atoms with van der Waals surface area (Å²) in [6.07, 6.45) is 1.80. The van der Waals surface area contributed by atoms with Crippen LogP contribution in [0.3, 0.4) is 0 Å². The van der Waals surface area contributed by atoms with E-state index >= 15 is 0 Å². The van der Waals surface area contributed by atoms with E-state index in [4.69, 9.17) is 5.11 Å². The number of carbonyl (C=O) groups is 2. The summed E-state index contributed by atoms with van der Waals surface area (Å²) in [7, 11) is 0. The van der Waals surface area contributed by atoms with Gasteiger partial charge in [0.1, 0.15) is 28.8 Å². The van der Waals surface area contributed by atoms with Crippen LogP contribution in [-0.2, 0) is 6.42 Å². The molecule has 1 aliphatic heterocycles. The number of aliphatic hydroxyl groups excluding tert-OH is 1. The second-order valence-corrected chi connectivity index (χ2v) is 9.25. The molecule has 2 atom stereocenters. The summed E-state index contributed by atoms with van der Waals surface area (Å²) in [4.78, 5) is 34.6. The van der Waals surface area contributed by atoms with E-state index in [0.29, 0.717) is 55.8 Å². The molecular formula is C26H24F3N5O4. The van der Waals surface area contributed by atoms with Crippen LogP contribution in [-0.4, -0.2) is 51.3 Å². The molecule has 38 heavy (non-hydrogen) atoms. The molecule has 1 aliphatic carbocycles. The van der Waals surface area contributed by atoms with Gasteiger partial charge in [0.05, 0.1) is 34.9 Å². The Morgan fingerprint density at radius 1 is 1.05 bits per heavy atom. The van der Waals surface area contributed by atoms with Crippen molar-refractivity contribution < 1.29 is 33.0 Å². The Labute approximate surface area is 215 Å². The lowest BCUT2D eigenvalue weighted by molar-refractivity contribution is 0.102. The minimum Gasteiger partial charge on any atom is -0.465 e. The quantitative estimate of drug-likeness (QED) is 0.395. The molecule has 4 N–H and O–H groups in total. The van der Waals surface area contributed by atoms with Crippen LogP contribution in [0, 0.1) is 17.5 Å². The maximum Gasteiger partial charge on any atom is 0.404 e. The Morgan fingerprint density at radius 3 is 2.55 bits per heavy atom. The van der Waals surface area contributed by atoms with Crippen molar-refractivity contribution in [1.82, 2.24) is 15.3 Å². The molecule has 2 aromatic heterocycles. The molecule has 1 fully saturated rings. The topological polar surface area (TPSA) is 128 Å². The van der Waals surface area contributed by atoms with Crippen molar-refractivity contribution in [2.75, 3.05) is 23.3 Å². The Balaban J connectivity index is 1.49. The summed E-state index contributed by atoms with van der Waals surface area (Å²) < 4.78 is 43.1. The lowest BCUT2D eigenvalue weighted by Crippen LogP contribution is -2.48. The molecule has 2 aliphatic rings. The lowest BCUT2D eigenvalue weighted by Gasteiger charge is -2.36. The van der Waals surface area contributed by atoms with E-state index in [9.17, 15) is 27.9 Å². The number of nitrogens with zero attached hydrogens (tertiary/aromatic N) is 3. The van der Waals surface area contributed by atoms with E-state index in [1.54, 1.807) is 0 Å². The van der Waals surface area contributed by atoms with Crippen molar-refractivity contribution in [3.63, 3.8) is 0 Å². The number of benzene rings is 1. The molecule has 0 radical (unpaired) electrons. The summed E-state index contributed by atoms with van der Waals surface area (Å²) in [5, 5.41) is 24.7. The number of fused-ring (bicyclic) bond motifs is 1. The number of halogens is 3. The van der Waals surface area contributed by atoms with Gasteiger partial charge in [-0.05, 0) is 49.9 Å². The van der Waals surface area contributed by atoms with Gasteiger partial charge in [0.25, 0.3) is 5.91 Å². The number of hydrogen-bond donors (Lipinski definition) is 4. The van der Waals surface area contributed by atoms with Gasteiger partial charge in [-0.15, -0.1) is 0 Å². The van der Waals surface area contributed by atoms with Crippen LogP contribution in [0.15, 0.2) is 36.5 Å². The van der Waals surface area contributed by atoms with Crippen LogP contribution in [0.1, 0.15) is 47.1 Å². The number of piperidine rings is 1. The molecule has 12 heteroatoms. The summed E-state index contributed by atoms with van der Waals surface area (Å²) in [5.41, 5.74) is 0.541. The first-order valence-electron chi connectivity index (χ1n) is 12.1. The first kappa shape index (κ1) is 25.5. The van der Waals surface area contributed by atoms with E-state index in [0.717, 1.165) is 35.9 Å². The number of carboxylic acid groups (broad SMARTS) is 1. The SMILES string of the molecule is O=C(O)N[C@H]1CCCN(c2c(NC(=O)c3ccc(F)c(-c4c(F)cccc4F)n3)cnc3c2CCC3O)C1. The molecule has 2 amide bonds. The number of aliphatic hydroxyl groups is 1. The minimum atomic E-state index is -1.13. The highest BCUT2D eigenvalue weighted by Gasteiger charge is 2.32. The van der Waals surface area contributed by atoms with Crippen molar-refractivity contribution in [3.05, 3.63) is 70.9 Å². The van der Waals surface area contributed by atoms with Crippen LogP contribution < -0.4 is 15.5 Å². The maximum atomic E-state index is 14.5. The van der Waals surface area contributed by atoms with Crippen molar-refractivity contribution in [2.24, 2.45) is 0 Å². The highest BCUT2D eigenvalue weighted by atomic mass is 19.1. The Hall–Kier alpha value is -4.19. The van der Waals surface area contributed by atoms with Gasteiger partial charge < -0.3 is 25.7 Å². The second-order valence-electron chi connectivity index (χ2n) is 9.25. The third-order valence-corrected chi connectivity index (χ3v) is 6.76. The highest BCUT2D eigenvalue weighted by Crippen LogP contribution is 2.41. The lowest BCUT2D eigenvalue weighted by atomic mass is 10.0. The van der Waals surface area contributed by atoms with Gasteiger partial charge in [0.2, 0.25) is 0 Å². The predicted octanol–water partition coefficient (Wildman–Crippen LogP) is 4.03. The Bertz CT molecular complexity index is 1400. The Morgan fingerprint density at radius 2 is 1.82 bits per heavy atom. The molecule has 1 saturated heterocycles. The second kappa shape index (κ2) is 10.3. The van der Waals surface area contributed by atoms with Crippen LogP contribution in [0.2, 0.25) is 0 Å². The number of nitrogens with one attached hydrogen (secondary N) is 2. The smallest absolute Gasteiger partial charge is 0.404 e. The average molecular weight is 528 g/mol. The summed E-state index contributed by atoms with van der Waals surface area (Å²) in [6, 6.07) is 4.75. The molecule has 0 spiro atoms. The first-order valence-corrected chi connectivity index (χ1v) is 12.1. The van der Waals surface area contributed by atoms with Crippen LogP contribution >= 0.6 is 0 Å². The van der Waals surface area contributed by atoms with E-state index in [-0.39, 0.29) is 11.7 Å². The van der Waals surface area contributed by atoms with Crippen LogP contribution in [0.5, 0.6) is 0 Å². The number of rotatable bonds is 5. The zero-order valence-corrected chi connectivity index (χ0v) is 20.0. The number of pyridine rings is 2. The molecule has 0 bridgehead atoms. The molecule has 9 nitrogen and oxygen atoms in total. The van der Waals surface area contributed by atoms with Crippen LogP contribution in [0.4, 0.5) is 29.3 Å². The molecule has 0 saturated carbocycles. The van der Waals surface area contributed by atoms with E-state index < -0.39 is 46.8 Å². The fraction of sp³-hybridized carbons (Fsp3) is 0.308. The van der Waals surface area contributed by atoms with Gasteiger partial charge in [-0.1, -0.05) is 6.07 Å². The third-order valence-electron chi connectivity index (χ3n) is 6.76. The normalized spacial score (nSPS) is 18.7. The molecule has 3 heterocycles. The van der Waals surface area contributed by atoms with Crippen LogP contribution in [0.25, 0.3) is 11.3 Å². The first-order chi connectivity index (χ1) is 18.2. The molecule has 198 valence electrons. The molecule has 5 rings (SSSR count). The van der Waals surface area contributed by atoms with Gasteiger partial charge in [-0.3, -0.25) is 9.78 Å². The summed E-state index contributed by atoms with van der Waals surface area (Å²) in [6.45, 7) is 0.923. The number of hydrogen-bond acceptors (Lipinski definition) is 6. The molecule has 1 aromatic carbocycles. The standard InChI is InChI=1S/C26H24F3N5O4/c27-15-4-1-5-16(28)21(15)23-17(29)7-8-18(32-23)25(36)33-19-11-30-22-14(6-9-20(22)35)24(19)34-10-2-3-13(12-34)31-26(37)38/h1,4-5,7-8,11,13,20,31,35H,2-3,6,9-10,12H2,(H,33,36)(H,37,38)/t13-,20?/m0/s1. The van der Waals surface area contributed by atoms with Gasteiger partial charge in [0, 0.05) is 24.7 Å². The highest BCUT2D eigenvalue weighted by molar-refractivity contribution is 6.05. The summed E-state index contributed by atoms with van der Waals surface area (Å²) in [5.74, 6) is -3.80. The number of anilines is 2. The number of carbonyl (C=O) groups excluding carboxylic acids is 1. The van der Waals surface area contributed by atoms with E-state index in [1.165, 1.54) is 6.20 Å². The van der Waals surface area contributed by atoms with Crippen molar-refractivity contribution in [2.45, 2.75) is 37.8 Å². The van der Waals surface area contributed by atoms with Crippen molar-refractivity contribution in [3.8, 4) is 11.3 Å². The summed E-state index contributed by atoms with van der Waals surface area (Å²) >= 11 is 0. The minimum absolute atomic E-state index is 0.278. The fourth-order valence-electron chi connectivity index (χ4n) is 5.09. The van der Waals surface area contributed by atoms with Gasteiger partial charge >= 0.3 is 6.09 Å². The van der Waals surface area contributed by atoms with Gasteiger partial charge in [-0.25, -0.2) is 22.9 Å². The predicted molar refractivity (Wildman–Crippen MR) is 131 cm³/mol. The van der Waals surface area contributed by atoms with Crippen molar-refractivity contribution >= 4 is 23.4 Å². The van der Waals surface area contributed by atoms with E-state index in [2.05, 4.69) is 20.6 Å². The zero-order valence-electron chi connectivity index (χ0n) is 20.0. The number of aromatic nitrogens is 2. The van der Waals surface area contributed by atoms with Crippen molar-refractivity contribution in [1.29, 1.82) is 0 Å². The monoisotopic (exact) mass is 527 g/mol. The Kier molecular flexibility index (Phi) is 6.89. The van der Waals surface area contributed by atoms with Gasteiger partial charge in [0.15, 0.2) is 0 Å². The largest absolute Gasteiger partial charge is 0.465 e. The number of amides is 2. The fourth-order valence-corrected chi connectivity index (χ4v) is 5.09. The zero-order chi connectivity index (χ0) is 27.0. The van der Waals surface area contributed by atoms with Gasteiger partial charge in [-0.2, -0.15) is 0 Å². The molecule has 1 unspecified atom stereocenters. The molecule has 3 aromatic rings. The molecular weight excluding hydrogens is 503 g/mol. The average Bonchev–Trinajstić information content (AvgIpc) is 3.25. The van der Waals surface area contributed by atoms with E-state index in [1.807, 2.05) is 4.90 Å². The maximum absolute atomic E-state index is 14.5.